The summed E-state index contributed by atoms with van der Waals surface area (Å²) in [5.41, 5.74) is 10.0. The Morgan fingerprint density at radius 1 is 0.978 bits per heavy atom. The number of fused-ring (bicyclic) bond motifs is 8. The fourth-order valence-corrected chi connectivity index (χ4v) is 6.73. The van der Waals surface area contributed by atoms with Crippen LogP contribution < -0.4 is 0 Å². The SMILES string of the molecule is C=Cc1c(C)c2cc3nc(c(CC(=O)OCC)c4[nH]c(cc5nc(cc1[nH]2)C(C)=C5CC)c(C)c4C(=O)O)C(CCC(=O)O)C3C. The topological polar surface area (TPSA) is 158 Å². The normalized spacial score (nSPS) is 16.0. The lowest BCUT2D eigenvalue weighted by Gasteiger charge is -2.17. The van der Waals surface area contributed by atoms with Crippen LogP contribution in [-0.4, -0.2) is 54.7 Å². The number of nitrogens with one attached hydrogen (secondary N) is 2. The third kappa shape index (κ3) is 5.75. The van der Waals surface area contributed by atoms with Crippen LogP contribution in [0.15, 0.2) is 24.8 Å². The van der Waals surface area contributed by atoms with Gasteiger partial charge in [0.2, 0.25) is 0 Å². The first-order valence-corrected chi connectivity index (χ1v) is 15.6. The average Bonchev–Trinajstić information content (AvgIpc) is 3.68. The summed E-state index contributed by atoms with van der Waals surface area (Å²) in [6.07, 6.45) is 2.42. The van der Waals surface area contributed by atoms with E-state index in [1.807, 2.05) is 45.0 Å². The average molecular weight is 625 g/mol. The Morgan fingerprint density at radius 3 is 2.30 bits per heavy atom. The summed E-state index contributed by atoms with van der Waals surface area (Å²) < 4.78 is 5.33. The monoisotopic (exact) mass is 624 g/mol. The lowest BCUT2D eigenvalue weighted by Crippen LogP contribution is -2.13. The van der Waals surface area contributed by atoms with Gasteiger partial charge in [0.1, 0.15) is 0 Å². The molecule has 10 heteroatoms. The molecule has 2 atom stereocenters. The van der Waals surface area contributed by atoms with Crippen molar-refractivity contribution in [2.75, 3.05) is 6.61 Å². The van der Waals surface area contributed by atoms with E-state index in [0.29, 0.717) is 34.5 Å². The first kappa shape index (κ1) is 32.4. The van der Waals surface area contributed by atoms with Crippen molar-refractivity contribution in [3.8, 4) is 0 Å². The van der Waals surface area contributed by atoms with Crippen LogP contribution in [0.4, 0.5) is 0 Å². The van der Waals surface area contributed by atoms with Gasteiger partial charge in [-0.05, 0) is 81.0 Å². The standard InChI is InChI=1S/C36H40N4O6/c1-8-21-17(4)25-14-27-19(6)23(11-12-31(41)42)34(39-27)24(13-32(43)46-10-3)35-33(36(44)45)20(7)28(40-35)16-30-22(9-2)18(5)26(38-30)15-29(21)37-25/h8,14-16,19,23,37,40H,1,9-13H2,2-7H3,(H,41,42)(H,44,45). The summed E-state index contributed by atoms with van der Waals surface area (Å²) in [6.45, 7) is 15.7. The molecule has 0 fully saturated rings. The Morgan fingerprint density at radius 2 is 1.67 bits per heavy atom. The van der Waals surface area contributed by atoms with Crippen LogP contribution in [0.5, 0.6) is 0 Å². The maximum absolute atomic E-state index is 13.1. The Balaban J connectivity index is 2.03. The highest BCUT2D eigenvalue weighted by Gasteiger charge is 2.33. The number of carboxylic acid groups (broad SMARTS) is 2. The van der Waals surface area contributed by atoms with Crippen molar-refractivity contribution in [2.45, 2.75) is 79.1 Å². The number of rotatable bonds is 9. The van der Waals surface area contributed by atoms with E-state index in [9.17, 15) is 24.6 Å². The number of aromatic nitrogens is 4. The number of aromatic amines is 2. The third-order valence-electron chi connectivity index (χ3n) is 9.25. The molecule has 0 amide bonds. The fraction of sp³-hybridized carbons (Fsp3) is 0.361. The number of carbonyl (C=O) groups excluding carboxylic acids is 1. The van der Waals surface area contributed by atoms with Crippen molar-refractivity contribution < 1.29 is 29.3 Å². The zero-order valence-electron chi connectivity index (χ0n) is 27.1. The molecule has 0 radical (unpaired) electrons. The number of aryl methyl sites for hydroxylation is 2. The van der Waals surface area contributed by atoms with Gasteiger partial charge in [0.25, 0.3) is 0 Å². The molecule has 240 valence electrons. The van der Waals surface area contributed by atoms with Crippen molar-refractivity contribution in [1.82, 2.24) is 19.9 Å². The number of esters is 1. The van der Waals surface area contributed by atoms with Crippen LogP contribution in [0.25, 0.3) is 39.3 Å². The Labute approximate surface area is 267 Å². The highest BCUT2D eigenvalue weighted by molar-refractivity contribution is 6.03. The maximum atomic E-state index is 13.1. The molecule has 3 aromatic rings. The molecule has 10 nitrogen and oxygen atoms in total. The van der Waals surface area contributed by atoms with E-state index in [1.54, 1.807) is 13.8 Å². The predicted octanol–water partition coefficient (Wildman–Crippen LogP) is 7.47. The van der Waals surface area contributed by atoms with E-state index in [-0.39, 0.29) is 42.9 Å². The molecule has 3 aromatic heterocycles. The summed E-state index contributed by atoms with van der Waals surface area (Å²) in [7, 11) is 0. The molecule has 0 saturated carbocycles. The molecule has 5 rings (SSSR count). The number of nitrogens with zero attached hydrogens (tertiary/aromatic N) is 2. The zero-order valence-corrected chi connectivity index (χ0v) is 27.1. The fourth-order valence-electron chi connectivity index (χ4n) is 6.73. The third-order valence-corrected chi connectivity index (χ3v) is 9.25. The van der Waals surface area contributed by atoms with Crippen molar-refractivity contribution in [2.24, 2.45) is 0 Å². The molecule has 5 heterocycles. The lowest BCUT2D eigenvalue weighted by molar-refractivity contribution is -0.142. The summed E-state index contributed by atoms with van der Waals surface area (Å²) >= 11 is 0. The minimum absolute atomic E-state index is 0.0211. The van der Waals surface area contributed by atoms with Gasteiger partial charge in [0, 0.05) is 51.6 Å². The second-order valence-electron chi connectivity index (χ2n) is 11.9. The molecule has 2 unspecified atom stereocenters. The number of hydrogen-bond donors (Lipinski definition) is 4. The number of allylic oxidation sites excluding steroid dienone is 2. The summed E-state index contributed by atoms with van der Waals surface area (Å²) in [5.74, 6) is -3.27. The van der Waals surface area contributed by atoms with Gasteiger partial charge in [-0.2, -0.15) is 0 Å². The summed E-state index contributed by atoms with van der Waals surface area (Å²) in [4.78, 5) is 54.6. The van der Waals surface area contributed by atoms with E-state index in [1.165, 1.54) is 0 Å². The minimum Gasteiger partial charge on any atom is -0.481 e. The van der Waals surface area contributed by atoms with E-state index in [0.717, 1.165) is 44.7 Å². The molecule has 4 N–H and O–H groups in total. The Kier molecular flexibility index (Phi) is 9.01. The van der Waals surface area contributed by atoms with Gasteiger partial charge in [0.15, 0.2) is 0 Å². The predicted molar refractivity (Wildman–Crippen MR) is 179 cm³/mol. The zero-order chi connectivity index (χ0) is 33.4. The van der Waals surface area contributed by atoms with Crippen molar-refractivity contribution in [3.63, 3.8) is 0 Å². The summed E-state index contributed by atoms with van der Waals surface area (Å²) in [5, 5.41) is 20.1. The first-order valence-electron chi connectivity index (χ1n) is 15.6. The number of H-pyrrole nitrogens is 2. The number of aromatic carboxylic acids is 1. The van der Waals surface area contributed by atoms with Crippen LogP contribution in [-0.2, 0) is 20.7 Å². The highest BCUT2D eigenvalue weighted by Crippen LogP contribution is 2.43. The van der Waals surface area contributed by atoms with Crippen LogP contribution >= 0.6 is 0 Å². The van der Waals surface area contributed by atoms with E-state index in [2.05, 4.69) is 23.5 Å². The number of hydrogen-bond acceptors (Lipinski definition) is 6. The largest absolute Gasteiger partial charge is 0.481 e. The first-order chi connectivity index (χ1) is 21.9. The quantitative estimate of drug-likeness (QED) is 0.179. The van der Waals surface area contributed by atoms with Crippen molar-refractivity contribution >= 4 is 57.2 Å². The molecule has 2 aliphatic rings. The van der Waals surface area contributed by atoms with E-state index < -0.39 is 23.8 Å². The molecule has 2 aliphatic heterocycles. The number of aliphatic carboxylic acids is 1. The molecule has 0 spiro atoms. The van der Waals surface area contributed by atoms with Crippen LogP contribution in [0.3, 0.4) is 0 Å². The Bertz CT molecular complexity index is 1980. The lowest BCUT2D eigenvalue weighted by atomic mass is 9.85. The Hall–Kier alpha value is -4.99. The van der Waals surface area contributed by atoms with Gasteiger partial charge < -0.3 is 24.9 Å². The van der Waals surface area contributed by atoms with Gasteiger partial charge in [0.05, 0.1) is 41.2 Å². The van der Waals surface area contributed by atoms with Crippen LogP contribution in [0.2, 0.25) is 0 Å². The molecular formula is C36H40N4O6. The second-order valence-corrected chi connectivity index (χ2v) is 11.9. The molecular weight excluding hydrogens is 584 g/mol. The molecule has 0 aromatic carbocycles. The molecule has 0 aliphatic carbocycles. The van der Waals surface area contributed by atoms with Gasteiger partial charge in [-0.25, -0.2) is 9.78 Å². The smallest absolute Gasteiger partial charge is 0.338 e. The number of carboxylic acids is 2. The molecule has 8 bridgehead atoms. The van der Waals surface area contributed by atoms with Gasteiger partial charge in [-0.1, -0.05) is 26.5 Å². The van der Waals surface area contributed by atoms with E-state index >= 15 is 0 Å². The van der Waals surface area contributed by atoms with Crippen molar-refractivity contribution in [3.05, 3.63) is 75.4 Å². The maximum Gasteiger partial charge on any atom is 0.338 e. The summed E-state index contributed by atoms with van der Waals surface area (Å²) in [6, 6.07) is 5.81. The van der Waals surface area contributed by atoms with Gasteiger partial charge in [-0.15, -0.1) is 0 Å². The van der Waals surface area contributed by atoms with Gasteiger partial charge >= 0.3 is 17.9 Å². The molecule has 46 heavy (non-hydrogen) atoms. The highest BCUT2D eigenvalue weighted by atomic mass is 16.5. The van der Waals surface area contributed by atoms with Crippen LogP contribution in [0.1, 0.15) is 114 Å². The minimum atomic E-state index is -1.16. The van der Waals surface area contributed by atoms with Gasteiger partial charge in [-0.3, -0.25) is 14.6 Å². The van der Waals surface area contributed by atoms with Crippen LogP contribution in [0, 0.1) is 13.8 Å². The van der Waals surface area contributed by atoms with Crippen molar-refractivity contribution in [1.29, 1.82) is 0 Å². The number of ether oxygens (including phenoxy) is 1. The van der Waals surface area contributed by atoms with E-state index in [4.69, 9.17) is 14.7 Å². The molecule has 0 saturated heterocycles. The second kappa shape index (κ2) is 12.8. The number of carbonyl (C=O) groups is 3.